The zero-order chi connectivity index (χ0) is 15.6. The monoisotopic (exact) mass is 305 g/mol. The molecular formula is C20H19NO2. The molecule has 0 radical (unpaired) electrons. The van der Waals surface area contributed by atoms with Crippen LogP contribution < -0.4 is 0 Å². The smallest absolute Gasteiger partial charge is 0.289 e. The fraction of sp³-hybridized carbons (Fsp3) is 0.250. The quantitative estimate of drug-likeness (QED) is 0.723. The first-order chi connectivity index (χ1) is 11.3. The van der Waals surface area contributed by atoms with Crippen LogP contribution in [0.2, 0.25) is 0 Å². The van der Waals surface area contributed by atoms with Crippen LogP contribution >= 0.6 is 0 Å². The van der Waals surface area contributed by atoms with Crippen molar-refractivity contribution in [2.45, 2.75) is 25.3 Å². The van der Waals surface area contributed by atoms with Gasteiger partial charge in [0.05, 0.1) is 0 Å². The Labute approximate surface area is 135 Å². The molecule has 116 valence electrons. The summed E-state index contributed by atoms with van der Waals surface area (Å²) in [6.45, 7) is 0.813. The minimum atomic E-state index is 0.0135. The van der Waals surface area contributed by atoms with E-state index in [1.54, 1.807) is 0 Å². The number of furan rings is 1. The number of carbonyl (C=O) groups excluding carboxylic acids is 1. The van der Waals surface area contributed by atoms with E-state index in [9.17, 15) is 4.79 Å². The van der Waals surface area contributed by atoms with Crippen LogP contribution in [-0.4, -0.2) is 23.4 Å². The van der Waals surface area contributed by atoms with E-state index >= 15 is 0 Å². The van der Waals surface area contributed by atoms with Crippen LogP contribution in [0.3, 0.4) is 0 Å². The van der Waals surface area contributed by atoms with Gasteiger partial charge in [0.15, 0.2) is 5.76 Å². The van der Waals surface area contributed by atoms with Gasteiger partial charge in [-0.25, -0.2) is 0 Å². The molecule has 0 aliphatic carbocycles. The van der Waals surface area contributed by atoms with Gasteiger partial charge < -0.3 is 9.32 Å². The molecule has 1 unspecified atom stereocenters. The van der Waals surface area contributed by atoms with Crippen molar-refractivity contribution in [3.05, 3.63) is 72.0 Å². The second kappa shape index (κ2) is 5.92. The number of hydrogen-bond acceptors (Lipinski definition) is 2. The van der Waals surface area contributed by atoms with Crippen LogP contribution in [0.4, 0.5) is 0 Å². The lowest BCUT2D eigenvalue weighted by Crippen LogP contribution is -2.36. The Morgan fingerprint density at radius 1 is 1.09 bits per heavy atom. The first-order valence-corrected chi connectivity index (χ1v) is 8.15. The van der Waals surface area contributed by atoms with Crippen molar-refractivity contribution >= 4 is 16.9 Å². The highest BCUT2D eigenvalue weighted by Crippen LogP contribution is 2.26. The summed E-state index contributed by atoms with van der Waals surface area (Å²) in [6.07, 6.45) is 3.02. The van der Waals surface area contributed by atoms with Crippen molar-refractivity contribution < 1.29 is 9.21 Å². The molecule has 1 fully saturated rings. The molecule has 0 spiro atoms. The summed E-state index contributed by atoms with van der Waals surface area (Å²) in [5.41, 5.74) is 2.05. The average Bonchev–Trinajstić information content (AvgIpc) is 3.21. The van der Waals surface area contributed by atoms with Gasteiger partial charge in [0, 0.05) is 18.0 Å². The normalized spacial score (nSPS) is 17.7. The van der Waals surface area contributed by atoms with Crippen molar-refractivity contribution in [2.24, 2.45) is 0 Å². The Kier molecular flexibility index (Phi) is 3.62. The van der Waals surface area contributed by atoms with Gasteiger partial charge in [-0.2, -0.15) is 0 Å². The summed E-state index contributed by atoms with van der Waals surface area (Å²) >= 11 is 0. The second-order valence-corrected chi connectivity index (χ2v) is 6.13. The predicted octanol–water partition coefficient (Wildman–Crippen LogP) is 4.28. The van der Waals surface area contributed by atoms with Gasteiger partial charge in [0.25, 0.3) is 5.91 Å². The molecule has 0 saturated carbocycles. The zero-order valence-electron chi connectivity index (χ0n) is 12.9. The van der Waals surface area contributed by atoms with E-state index < -0.39 is 0 Å². The third-order valence-electron chi connectivity index (χ3n) is 4.59. The Bertz CT molecular complexity index is 789. The maximum absolute atomic E-state index is 12.8. The molecule has 1 aliphatic heterocycles. The zero-order valence-corrected chi connectivity index (χ0v) is 12.9. The van der Waals surface area contributed by atoms with Crippen molar-refractivity contribution in [1.29, 1.82) is 0 Å². The number of rotatable bonds is 3. The molecule has 3 nitrogen and oxygen atoms in total. The predicted molar refractivity (Wildman–Crippen MR) is 90.4 cm³/mol. The lowest BCUT2D eigenvalue weighted by molar-refractivity contribution is 0.0706. The number of fused-ring (bicyclic) bond motifs is 1. The lowest BCUT2D eigenvalue weighted by Gasteiger charge is -2.23. The number of carbonyl (C=O) groups is 1. The van der Waals surface area contributed by atoms with Gasteiger partial charge in [0.2, 0.25) is 0 Å². The molecular weight excluding hydrogens is 286 g/mol. The molecule has 1 aromatic heterocycles. The molecule has 23 heavy (non-hydrogen) atoms. The molecule has 1 amide bonds. The van der Waals surface area contributed by atoms with Gasteiger partial charge in [0.1, 0.15) is 5.58 Å². The topological polar surface area (TPSA) is 33.5 Å². The molecule has 1 atom stereocenters. The third kappa shape index (κ3) is 2.74. The molecule has 1 aliphatic rings. The van der Waals surface area contributed by atoms with Gasteiger partial charge >= 0.3 is 0 Å². The summed E-state index contributed by atoms with van der Waals surface area (Å²) in [6, 6.07) is 20.3. The minimum absolute atomic E-state index is 0.0135. The molecule has 3 aromatic rings. The summed E-state index contributed by atoms with van der Waals surface area (Å²) < 4.78 is 5.75. The van der Waals surface area contributed by atoms with E-state index in [2.05, 4.69) is 24.3 Å². The Morgan fingerprint density at radius 2 is 1.87 bits per heavy atom. The molecule has 1 saturated heterocycles. The van der Waals surface area contributed by atoms with E-state index in [0.29, 0.717) is 5.76 Å². The summed E-state index contributed by atoms with van der Waals surface area (Å²) in [5.74, 6) is 0.464. The highest BCUT2D eigenvalue weighted by Gasteiger charge is 2.31. The lowest BCUT2D eigenvalue weighted by atomic mass is 10.0. The summed E-state index contributed by atoms with van der Waals surface area (Å²) in [4.78, 5) is 14.8. The summed E-state index contributed by atoms with van der Waals surface area (Å²) in [7, 11) is 0. The fourth-order valence-corrected chi connectivity index (χ4v) is 3.43. The van der Waals surface area contributed by atoms with Crippen LogP contribution in [0.15, 0.2) is 65.1 Å². The van der Waals surface area contributed by atoms with Gasteiger partial charge in [-0.1, -0.05) is 48.5 Å². The van der Waals surface area contributed by atoms with Crippen LogP contribution in [0.25, 0.3) is 11.0 Å². The largest absolute Gasteiger partial charge is 0.451 e. The molecule has 3 heteroatoms. The van der Waals surface area contributed by atoms with Gasteiger partial charge in [-0.05, 0) is 37.0 Å². The number of benzene rings is 2. The Balaban J connectivity index is 1.56. The van der Waals surface area contributed by atoms with Crippen LogP contribution in [0.5, 0.6) is 0 Å². The van der Waals surface area contributed by atoms with E-state index in [4.69, 9.17) is 4.42 Å². The van der Waals surface area contributed by atoms with E-state index in [-0.39, 0.29) is 11.9 Å². The summed E-state index contributed by atoms with van der Waals surface area (Å²) in [5, 5.41) is 0.981. The molecule has 4 rings (SSSR count). The maximum atomic E-state index is 12.8. The van der Waals surface area contributed by atoms with Gasteiger partial charge in [-0.15, -0.1) is 0 Å². The molecule has 2 heterocycles. The SMILES string of the molecule is O=C(c1cc2ccccc2o1)N1CCCC1Cc1ccccc1. The molecule has 0 bridgehead atoms. The Hall–Kier alpha value is -2.55. The first-order valence-electron chi connectivity index (χ1n) is 8.15. The third-order valence-corrected chi connectivity index (χ3v) is 4.59. The standard InChI is InChI=1S/C20H19NO2/c22-20(19-14-16-9-4-5-11-18(16)23-19)21-12-6-10-17(21)13-15-7-2-1-3-8-15/h1-5,7-9,11,14,17H,6,10,12-13H2. The van der Waals surface area contributed by atoms with E-state index in [0.717, 1.165) is 36.8 Å². The van der Waals surface area contributed by atoms with Crippen molar-refractivity contribution in [2.75, 3.05) is 6.54 Å². The van der Waals surface area contributed by atoms with E-state index in [1.165, 1.54) is 5.56 Å². The highest BCUT2D eigenvalue weighted by atomic mass is 16.3. The molecule has 2 aromatic carbocycles. The van der Waals surface area contributed by atoms with Crippen molar-refractivity contribution in [3.63, 3.8) is 0 Å². The number of hydrogen-bond donors (Lipinski definition) is 0. The fourth-order valence-electron chi connectivity index (χ4n) is 3.43. The van der Waals surface area contributed by atoms with E-state index in [1.807, 2.05) is 41.3 Å². The number of nitrogens with zero attached hydrogens (tertiary/aromatic N) is 1. The van der Waals surface area contributed by atoms with Crippen LogP contribution in [-0.2, 0) is 6.42 Å². The first kappa shape index (κ1) is 14.1. The maximum Gasteiger partial charge on any atom is 0.289 e. The number of amides is 1. The number of para-hydroxylation sites is 1. The average molecular weight is 305 g/mol. The second-order valence-electron chi connectivity index (χ2n) is 6.13. The van der Waals surface area contributed by atoms with Crippen molar-refractivity contribution in [3.8, 4) is 0 Å². The minimum Gasteiger partial charge on any atom is -0.451 e. The molecule has 0 N–H and O–H groups in total. The highest BCUT2D eigenvalue weighted by molar-refractivity contribution is 5.96. The van der Waals surface area contributed by atoms with Crippen molar-refractivity contribution in [1.82, 2.24) is 4.90 Å². The van der Waals surface area contributed by atoms with Crippen LogP contribution in [0.1, 0.15) is 29.0 Å². The number of likely N-dealkylation sites (tertiary alicyclic amines) is 1. The Morgan fingerprint density at radius 3 is 2.70 bits per heavy atom. The van der Waals surface area contributed by atoms with Crippen LogP contribution in [0, 0.1) is 0 Å². The van der Waals surface area contributed by atoms with Gasteiger partial charge in [-0.3, -0.25) is 4.79 Å².